The lowest BCUT2D eigenvalue weighted by molar-refractivity contribution is -0.140. The fourth-order valence-corrected chi connectivity index (χ4v) is 5.99. The predicted molar refractivity (Wildman–Crippen MR) is 146 cm³/mol. The molecule has 9 nitrogen and oxygen atoms in total. The molecule has 0 spiro atoms. The van der Waals surface area contributed by atoms with Crippen molar-refractivity contribution in [2.24, 2.45) is 0 Å². The molecular formula is C27H33N3O6S2. The summed E-state index contributed by atoms with van der Waals surface area (Å²) in [4.78, 5) is 31.4. The van der Waals surface area contributed by atoms with Crippen molar-refractivity contribution in [2.45, 2.75) is 22.3 Å². The zero-order chi connectivity index (χ0) is 27.4. The molecule has 2 heterocycles. The summed E-state index contributed by atoms with van der Waals surface area (Å²) in [6.45, 7) is 4.15. The van der Waals surface area contributed by atoms with Crippen molar-refractivity contribution in [3.63, 3.8) is 0 Å². The summed E-state index contributed by atoms with van der Waals surface area (Å²) in [7, 11) is -0.781. The zero-order valence-electron chi connectivity index (χ0n) is 21.8. The monoisotopic (exact) mass is 559 g/mol. The number of amides is 1. The highest BCUT2D eigenvalue weighted by Gasteiger charge is 2.45. The van der Waals surface area contributed by atoms with Crippen LogP contribution in [0.1, 0.15) is 23.6 Å². The second-order valence-corrected chi connectivity index (χ2v) is 12.4. The summed E-state index contributed by atoms with van der Waals surface area (Å²) in [5, 5.41) is 11.3. The number of hydrogen-bond donors (Lipinski definition) is 1. The van der Waals surface area contributed by atoms with Crippen LogP contribution in [0, 0.1) is 0 Å². The Bertz CT molecular complexity index is 1300. The highest BCUT2D eigenvalue weighted by molar-refractivity contribution is 7.98. The molecule has 204 valence electrons. The number of carbonyl (C=O) groups excluding carboxylic acids is 2. The second-order valence-electron chi connectivity index (χ2n) is 9.39. The van der Waals surface area contributed by atoms with E-state index < -0.39 is 27.8 Å². The number of hydrogen-bond acceptors (Lipinski definition) is 8. The molecule has 4 rings (SSSR count). The number of likely N-dealkylation sites (tertiary alicyclic amines) is 1. The van der Waals surface area contributed by atoms with Gasteiger partial charge in [-0.2, -0.15) is 0 Å². The third-order valence-corrected chi connectivity index (χ3v) is 9.43. The van der Waals surface area contributed by atoms with Gasteiger partial charge in [-0.15, -0.1) is 11.8 Å². The number of aliphatic hydroxyl groups excluding tert-OH is 1. The van der Waals surface area contributed by atoms with E-state index in [0.717, 1.165) is 34.4 Å². The van der Waals surface area contributed by atoms with E-state index in [2.05, 4.69) is 4.90 Å². The van der Waals surface area contributed by atoms with E-state index in [1.807, 2.05) is 30.5 Å². The Kier molecular flexibility index (Phi) is 8.94. The zero-order valence-corrected chi connectivity index (χ0v) is 23.4. The van der Waals surface area contributed by atoms with Crippen LogP contribution in [0.25, 0.3) is 5.76 Å². The fraction of sp³-hybridized carbons (Fsp3) is 0.407. The van der Waals surface area contributed by atoms with Gasteiger partial charge in [-0.3, -0.25) is 14.5 Å². The van der Waals surface area contributed by atoms with Gasteiger partial charge in [0.05, 0.1) is 29.7 Å². The van der Waals surface area contributed by atoms with Crippen LogP contribution in [0.4, 0.5) is 0 Å². The summed E-state index contributed by atoms with van der Waals surface area (Å²) in [5.74, 6) is -1.73. The Balaban J connectivity index is 1.68. The van der Waals surface area contributed by atoms with Crippen molar-refractivity contribution in [1.82, 2.24) is 14.1 Å². The highest BCUT2D eigenvalue weighted by atomic mass is 32.2. The third kappa shape index (κ3) is 5.81. The van der Waals surface area contributed by atoms with Gasteiger partial charge in [0.2, 0.25) is 10.0 Å². The van der Waals surface area contributed by atoms with Gasteiger partial charge in [-0.25, -0.2) is 12.7 Å². The van der Waals surface area contributed by atoms with E-state index in [1.165, 1.54) is 43.3 Å². The van der Waals surface area contributed by atoms with E-state index in [4.69, 9.17) is 4.74 Å². The number of carbonyl (C=O) groups is 2. The molecule has 1 atom stereocenters. The Labute approximate surface area is 228 Å². The lowest BCUT2D eigenvalue weighted by Crippen LogP contribution is -2.38. The standard InChI is InChI=1S/C27H33N3O6S2/c1-28(2)38(34,35)22-11-7-20(8-12-22)25(31)23-24(19-5-9-21(37-3)10-6-19)30(27(33)26(23)32)14-4-13-29-15-17-36-18-16-29/h5-12,24,31H,4,13-18H2,1-3H3/t24-/m0/s1. The molecule has 0 saturated carbocycles. The SMILES string of the molecule is CSc1ccc([C@H]2C(=C(O)c3ccc(S(=O)(=O)N(C)C)cc3)C(=O)C(=O)N2CCCN2CCOCC2)cc1. The van der Waals surface area contributed by atoms with E-state index in [-0.39, 0.29) is 21.8 Å². The van der Waals surface area contributed by atoms with Crippen LogP contribution in [0.15, 0.2) is 63.9 Å². The smallest absolute Gasteiger partial charge is 0.295 e. The molecule has 1 N–H and O–H groups in total. The molecule has 1 amide bonds. The van der Waals surface area contributed by atoms with Crippen LogP contribution in [0.2, 0.25) is 0 Å². The van der Waals surface area contributed by atoms with Crippen LogP contribution in [0.5, 0.6) is 0 Å². The molecule has 0 aliphatic carbocycles. The van der Waals surface area contributed by atoms with E-state index in [1.54, 1.807) is 11.8 Å². The third-order valence-electron chi connectivity index (χ3n) is 6.85. The second kappa shape index (κ2) is 12.0. The number of morpholine rings is 1. The summed E-state index contributed by atoms with van der Waals surface area (Å²) >= 11 is 1.58. The maximum Gasteiger partial charge on any atom is 0.295 e. The Hall–Kier alpha value is -2.70. The Morgan fingerprint density at radius 2 is 1.66 bits per heavy atom. The summed E-state index contributed by atoms with van der Waals surface area (Å²) in [6, 6.07) is 12.5. The molecule has 0 unspecified atom stereocenters. The number of nitrogens with zero attached hydrogens (tertiary/aromatic N) is 3. The molecule has 0 aromatic heterocycles. The maximum absolute atomic E-state index is 13.3. The molecule has 2 fully saturated rings. The largest absolute Gasteiger partial charge is 0.507 e. The number of benzene rings is 2. The van der Waals surface area contributed by atoms with Crippen molar-refractivity contribution in [3.05, 3.63) is 65.2 Å². The summed E-state index contributed by atoms with van der Waals surface area (Å²) in [6.07, 6.45) is 2.64. The number of rotatable bonds is 9. The van der Waals surface area contributed by atoms with Crippen molar-refractivity contribution in [3.8, 4) is 0 Å². The highest BCUT2D eigenvalue weighted by Crippen LogP contribution is 2.40. The first-order valence-electron chi connectivity index (χ1n) is 12.4. The Morgan fingerprint density at radius 1 is 1.03 bits per heavy atom. The fourth-order valence-electron chi connectivity index (χ4n) is 4.68. The number of thioether (sulfide) groups is 1. The van der Waals surface area contributed by atoms with Gasteiger partial charge in [0.25, 0.3) is 11.7 Å². The molecule has 38 heavy (non-hydrogen) atoms. The normalized spacial score (nSPS) is 20.4. The number of sulfonamides is 1. The minimum absolute atomic E-state index is 0.00138. The number of ether oxygens (including phenoxy) is 1. The average molecular weight is 560 g/mol. The molecule has 0 bridgehead atoms. The van der Waals surface area contributed by atoms with Gasteiger partial charge in [0.15, 0.2) is 0 Å². The lowest BCUT2D eigenvalue weighted by atomic mass is 9.95. The van der Waals surface area contributed by atoms with Crippen molar-refractivity contribution in [1.29, 1.82) is 0 Å². The molecule has 2 saturated heterocycles. The molecular weight excluding hydrogens is 526 g/mol. The van der Waals surface area contributed by atoms with Crippen molar-refractivity contribution < 1.29 is 27.9 Å². The first-order valence-corrected chi connectivity index (χ1v) is 15.1. The van der Waals surface area contributed by atoms with Crippen LogP contribution < -0.4 is 0 Å². The van der Waals surface area contributed by atoms with E-state index >= 15 is 0 Å². The average Bonchev–Trinajstić information content (AvgIpc) is 3.18. The van der Waals surface area contributed by atoms with Crippen LogP contribution in [-0.2, 0) is 24.3 Å². The van der Waals surface area contributed by atoms with Gasteiger partial charge < -0.3 is 14.7 Å². The summed E-state index contributed by atoms with van der Waals surface area (Å²) < 4.78 is 31.4. The van der Waals surface area contributed by atoms with Gasteiger partial charge >= 0.3 is 0 Å². The molecule has 11 heteroatoms. The number of Topliss-reactive ketones (excluding diaryl/α,β-unsaturated/α-hetero) is 1. The van der Waals surface area contributed by atoms with Gasteiger partial charge in [0, 0.05) is 50.7 Å². The minimum atomic E-state index is -3.65. The van der Waals surface area contributed by atoms with Gasteiger partial charge in [-0.1, -0.05) is 12.1 Å². The van der Waals surface area contributed by atoms with E-state index in [0.29, 0.717) is 26.2 Å². The van der Waals surface area contributed by atoms with E-state index in [9.17, 15) is 23.1 Å². The van der Waals surface area contributed by atoms with Crippen LogP contribution in [-0.4, -0.2) is 99.1 Å². The van der Waals surface area contributed by atoms with Gasteiger partial charge in [0.1, 0.15) is 5.76 Å². The molecule has 2 aliphatic rings. The number of aliphatic hydroxyl groups is 1. The summed E-state index contributed by atoms with van der Waals surface area (Å²) in [5.41, 5.74) is 0.989. The predicted octanol–water partition coefficient (Wildman–Crippen LogP) is 2.80. The minimum Gasteiger partial charge on any atom is -0.507 e. The molecule has 0 radical (unpaired) electrons. The lowest BCUT2D eigenvalue weighted by Gasteiger charge is -2.29. The molecule has 2 aliphatic heterocycles. The van der Waals surface area contributed by atoms with Crippen LogP contribution >= 0.6 is 11.8 Å². The molecule has 2 aromatic rings. The molecule has 2 aromatic carbocycles. The Morgan fingerprint density at radius 3 is 2.24 bits per heavy atom. The van der Waals surface area contributed by atoms with Crippen molar-refractivity contribution in [2.75, 3.05) is 59.7 Å². The first-order chi connectivity index (χ1) is 18.1. The van der Waals surface area contributed by atoms with Crippen molar-refractivity contribution >= 4 is 39.2 Å². The number of ketones is 1. The maximum atomic E-state index is 13.3. The van der Waals surface area contributed by atoms with Crippen LogP contribution in [0.3, 0.4) is 0 Å². The first kappa shape index (κ1) is 28.3. The van der Waals surface area contributed by atoms with Gasteiger partial charge in [-0.05, 0) is 54.6 Å². The quantitative estimate of drug-likeness (QED) is 0.216. The topological polar surface area (TPSA) is 107 Å².